The minimum absolute atomic E-state index is 0.0321. The Balaban J connectivity index is 1.63. The number of likely N-dealkylation sites (tertiary alicyclic amines) is 1. The van der Waals surface area contributed by atoms with Gasteiger partial charge >= 0.3 is 5.76 Å². The van der Waals surface area contributed by atoms with Crippen molar-refractivity contribution in [2.75, 3.05) is 32.8 Å². The molecule has 2 aliphatic rings. The van der Waals surface area contributed by atoms with Crippen LogP contribution in [0, 0.1) is 5.41 Å². The van der Waals surface area contributed by atoms with Crippen LogP contribution in [0.1, 0.15) is 55.6 Å². The number of hydrogen-bond acceptors (Lipinski definition) is 6. The number of amides is 1. The van der Waals surface area contributed by atoms with E-state index in [2.05, 4.69) is 32.9 Å². The minimum atomic E-state index is -0.839. The molecule has 3 heterocycles. The van der Waals surface area contributed by atoms with Crippen LogP contribution < -0.4 is 5.76 Å². The van der Waals surface area contributed by atoms with Crippen LogP contribution in [0.5, 0.6) is 0 Å². The summed E-state index contributed by atoms with van der Waals surface area (Å²) in [6.07, 6.45) is 1.58. The number of aromatic nitrogens is 2. The minimum Gasteiger partial charge on any atom is -0.379 e. The second-order valence-electron chi connectivity index (χ2n) is 10.8. The number of nitrogens with zero attached hydrogens (tertiary/aromatic N) is 3. The summed E-state index contributed by atoms with van der Waals surface area (Å²) in [4.78, 5) is 33.5. The normalized spacial score (nSPS) is 25.1. The third kappa shape index (κ3) is 6.09. The Kier molecular flexibility index (Phi) is 8.47. The maximum absolute atomic E-state index is 14.7. The number of benzene rings is 2. The first-order valence-corrected chi connectivity index (χ1v) is 14.2. The number of carbonyl (C=O) groups is 1. The van der Waals surface area contributed by atoms with Crippen LogP contribution in [-0.4, -0.2) is 64.7 Å². The number of H-pyrrole nitrogens is 1. The average molecular weight is 574 g/mol. The molecule has 0 saturated carbocycles. The van der Waals surface area contributed by atoms with Gasteiger partial charge in [-0.25, -0.2) is 4.79 Å². The van der Waals surface area contributed by atoms with Crippen molar-refractivity contribution >= 4 is 29.1 Å². The fourth-order valence-corrected chi connectivity index (χ4v) is 6.47. The van der Waals surface area contributed by atoms with Gasteiger partial charge in [0.25, 0.3) is 0 Å². The molecule has 0 spiro atoms. The molecule has 0 bridgehead atoms. The zero-order valence-electron chi connectivity index (χ0n) is 22.2. The summed E-state index contributed by atoms with van der Waals surface area (Å²) in [5.74, 6) is -0.292. The van der Waals surface area contributed by atoms with Gasteiger partial charge in [-0.1, -0.05) is 66.5 Å². The topological polar surface area (TPSA) is 91.7 Å². The first kappa shape index (κ1) is 27.9. The molecule has 1 amide bonds. The molecule has 208 valence electrons. The highest BCUT2D eigenvalue weighted by molar-refractivity contribution is 6.30. The van der Waals surface area contributed by atoms with Crippen LogP contribution in [0.3, 0.4) is 0 Å². The quantitative estimate of drug-likeness (QED) is 0.404. The summed E-state index contributed by atoms with van der Waals surface area (Å²) in [5.41, 5.74) is 1.24. The monoisotopic (exact) mass is 572 g/mol. The van der Waals surface area contributed by atoms with E-state index in [4.69, 9.17) is 32.5 Å². The molecule has 8 nitrogen and oxygen atoms in total. The first-order chi connectivity index (χ1) is 18.8. The third-order valence-corrected chi connectivity index (χ3v) is 8.56. The number of morpholine rings is 1. The Bertz CT molecular complexity index is 1340. The van der Waals surface area contributed by atoms with Gasteiger partial charge in [-0.2, -0.15) is 0 Å². The lowest BCUT2D eigenvalue weighted by Crippen LogP contribution is -2.59. The molecule has 2 unspecified atom stereocenters. The van der Waals surface area contributed by atoms with E-state index < -0.39 is 11.2 Å². The van der Waals surface area contributed by atoms with Gasteiger partial charge in [-0.05, 0) is 48.2 Å². The molecule has 2 aromatic carbocycles. The SMILES string of the molecule is CCC(CN1CCOCC1)N1C(=O)[C@@](C)(Cc2noc(=O)[nH]2)CC(c2cccc(Cl)c2)[C@H]1c1ccc(Cl)cc1. The van der Waals surface area contributed by atoms with Crippen molar-refractivity contribution in [3.05, 3.63) is 86.1 Å². The van der Waals surface area contributed by atoms with Crippen molar-refractivity contribution in [1.82, 2.24) is 19.9 Å². The smallest absolute Gasteiger partial charge is 0.379 e. The van der Waals surface area contributed by atoms with E-state index in [1.165, 1.54) is 0 Å². The number of aromatic amines is 1. The van der Waals surface area contributed by atoms with E-state index in [0.717, 1.165) is 37.2 Å². The van der Waals surface area contributed by atoms with E-state index in [0.29, 0.717) is 35.5 Å². The number of halogens is 2. The molecular weight excluding hydrogens is 539 g/mol. The van der Waals surface area contributed by atoms with E-state index in [1.807, 2.05) is 49.4 Å². The van der Waals surface area contributed by atoms with Gasteiger partial charge in [0.15, 0.2) is 5.82 Å². The van der Waals surface area contributed by atoms with E-state index in [1.54, 1.807) is 0 Å². The van der Waals surface area contributed by atoms with Gasteiger partial charge in [0, 0.05) is 48.1 Å². The Hall–Kier alpha value is -2.65. The van der Waals surface area contributed by atoms with E-state index >= 15 is 0 Å². The van der Waals surface area contributed by atoms with Gasteiger partial charge < -0.3 is 9.64 Å². The van der Waals surface area contributed by atoms with Gasteiger partial charge in [0.2, 0.25) is 5.91 Å². The molecule has 2 fully saturated rings. The molecule has 3 aromatic rings. The summed E-state index contributed by atoms with van der Waals surface area (Å²) in [5, 5.41) is 5.19. The third-order valence-electron chi connectivity index (χ3n) is 8.07. The Morgan fingerprint density at radius 3 is 2.46 bits per heavy atom. The molecule has 1 aromatic heterocycles. The van der Waals surface area contributed by atoms with Crippen molar-refractivity contribution in [2.45, 2.75) is 51.1 Å². The van der Waals surface area contributed by atoms with Crippen LogP contribution in [0.25, 0.3) is 0 Å². The van der Waals surface area contributed by atoms with Crippen molar-refractivity contribution in [1.29, 1.82) is 0 Å². The lowest BCUT2D eigenvalue weighted by atomic mass is 9.67. The number of carbonyl (C=O) groups excluding carboxylic acids is 1. The van der Waals surface area contributed by atoms with E-state index in [9.17, 15) is 9.59 Å². The predicted molar refractivity (Wildman–Crippen MR) is 150 cm³/mol. The molecule has 2 aliphatic heterocycles. The molecule has 0 aliphatic carbocycles. The summed E-state index contributed by atoms with van der Waals surface area (Å²) in [7, 11) is 0. The van der Waals surface area contributed by atoms with Gasteiger partial charge in [-0.3, -0.25) is 19.2 Å². The fraction of sp³-hybridized carbons (Fsp3) is 0.483. The Morgan fingerprint density at radius 1 is 1.08 bits per heavy atom. The van der Waals surface area contributed by atoms with Crippen molar-refractivity contribution in [2.24, 2.45) is 5.41 Å². The predicted octanol–water partition coefficient (Wildman–Crippen LogP) is 5.09. The fourth-order valence-electron chi connectivity index (χ4n) is 6.15. The summed E-state index contributed by atoms with van der Waals surface area (Å²) >= 11 is 12.8. The number of rotatable bonds is 8. The van der Waals surface area contributed by atoms with Crippen LogP contribution in [-0.2, 0) is 16.0 Å². The maximum Gasteiger partial charge on any atom is 0.438 e. The van der Waals surface area contributed by atoms with Crippen LogP contribution in [0.4, 0.5) is 0 Å². The first-order valence-electron chi connectivity index (χ1n) is 13.5. The van der Waals surface area contributed by atoms with Gasteiger partial charge in [0.05, 0.1) is 24.7 Å². The molecule has 4 atom stereocenters. The highest BCUT2D eigenvalue weighted by Gasteiger charge is 2.52. The average Bonchev–Trinajstić information content (AvgIpc) is 3.34. The molecule has 0 radical (unpaired) electrons. The van der Waals surface area contributed by atoms with Crippen molar-refractivity contribution < 1.29 is 14.1 Å². The molecule has 10 heteroatoms. The lowest BCUT2D eigenvalue weighted by Gasteiger charge is -2.52. The standard InChI is InChI=1S/C29H34Cl2N4O4/c1-3-23(18-34-11-13-38-14-12-34)35-26(19-7-9-21(30)10-8-19)24(20-5-4-6-22(31)15-20)16-29(2,27(35)36)17-25-32-28(37)39-33-25/h4-10,15,23-24,26H,3,11-14,16-18H2,1-2H3,(H,32,33,37)/t23?,24?,26-,29-/m1/s1. The molecular formula is C29H34Cl2N4O4. The molecule has 39 heavy (non-hydrogen) atoms. The van der Waals surface area contributed by atoms with E-state index in [-0.39, 0.29) is 30.3 Å². The molecule has 2 saturated heterocycles. The van der Waals surface area contributed by atoms with Crippen LogP contribution >= 0.6 is 23.2 Å². The largest absolute Gasteiger partial charge is 0.438 e. The summed E-state index contributed by atoms with van der Waals surface area (Å²) < 4.78 is 10.4. The van der Waals surface area contributed by atoms with Crippen molar-refractivity contribution in [3.63, 3.8) is 0 Å². The Labute approximate surface area is 238 Å². The van der Waals surface area contributed by atoms with Crippen LogP contribution in [0.2, 0.25) is 10.0 Å². The highest BCUT2D eigenvalue weighted by atomic mass is 35.5. The number of ether oxygens (including phenoxy) is 1. The van der Waals surface area contributed by atoms with Gasteiger partial charge in [0.1, 0.15) is 0 Å². The number of piperidine rings is 1. The maximum atomic E-state index is 14.7. The number of nitrogens with one attached hydrogen (secondary N) is 1. The Morgan fingerprint density at radius 2 is 1.82 bits per heavy atom. The zero-order chi connectivity index (χ0) is 27.6. The second-order valence-corrected chi connectivity index (χ2v) is 11.7. The number of hydrogen-bond donors (Lipinski definition) is 1. The highest BCUT2D eigenvalue weighted by Crippen LogP contribution is 2.52. The molecule has 1 N–H and O–H groups in total. The molecule has 5 rings (SSSR count). The van der Waals surface area contributed by atoms with Gasteiger partial charge in [-0.15, -0.1) is 0 Å². The summed E-state index contributed by atoms with van der Waals surface area (Å²) in [6.45, 7) is 7.88. The van der Waals surface area contributed by atoms with Crippen molar-refractivity contribution in [3.8, 4) is 0 Å². The van der Waals surface area contributed by atoms with Crippen LogP contribution in [0.15, 0.2) is 57.8 Å². The summed E-state index contributed by atoms with van der Waals surface area (Å²) in [6, 6.07) is 15.4. The lowest BCUT2D eigenvalue weighted by molar-refractivity contribution is -0.155. The second kappa shape index (κ2) is 11.8. The zero-order valence-corrected chi connectivity index (χ0v) is 23.8.